The molecule has 0 saturated carbocycles. The Labute approximate surface area is 112 Å². The molecule has 1 atom stereocenters. The van der Waals surface area contributed by atoms with Crippen molar-refractivity contribution in [1.82, 2.24) is 4.90 Å². The lowest BCUT2D eigenvalue weighted by atomic mass is 10.2. The standard InChI is InChI=1S/C13H16N2O2.ClH/c1-9(15(2)13(16)8-14)12-7-10-5-3-4-6-11(10)17-12;/h3-7,9H,8,14H2,1-2H3;1H. The number of carbonyl (C=O) groups excluding carboxylic acids is 1. The van der Waals surface area contributed by atoms with Crippen LogP contribution in [-0.2, 0) is 4.79 Å². The molecule has 0 radical (unpaired) electrons. The average Bonchev–Trinajstić information content (AvgIpc) is 2.79. The monoisotopic (exact) mass is 268 g/mol. The molecule has 1 heterocycles. The second kappa shape index (κ2) is 5.89. The SMILES string of the molecule is CC(c1cc2ccccc2o1)N(C)C(=O)CN.Cl. The summed E-state index contributed by atoms with van der Waals surface area (Å²) in [6, 6.07) is 9.63. The Morgan fingerprint density at radius 3 is 2.72 bits per heavy atom. The van der Waals surface area contributed by atoms with Gasteiger partial charge in [-0.2, -0.15) is 0 Å². The number of hydrogen-bond donors (Lipinski definition) is 1. The van der Waals surface area contributed by atoms with E-state index in [1.54, 1.807) is 11.9 Å². The Kier molecular flexibility index (Phi) is 4.76. The lowest BCUT2D eigenvalue weighted by molar-refractivity contribution is -0.130. The molecule has 4 nitrogen and oxygen atoms in total. The van der Waals surface area contributed by atoms with Crippen LogP contribution in [0, 0.1) is 0 Å². The van der Waals surface area contributed by atoms with E-state index in [4.69, 9.17) is 10.2 Å². The number of benzene rings is 1. The summed E-state index contributed by atoms with van der Waals surface area (Å²) < 4.78 is 5.71. The number of nitrogens with two attached hydrogens (primary N) is 1. The van der Waals surface area contributed by atoms with Gasteiger partial charge in [0.25, 0.3) is 0 Å². The van der Waals surface area contributed by atoms with Crippen LogP contribution in [0.1, 0.15) is 18.7 Å². The maximum absolute atomic E-state index is 11.5. The predicted octanol–water partition coefficient (Wildman–Crippen LogP) is 2.33. The quantitative estimate of drug-likeness (QED) is 0.929. The van der Waals surface area contributed by atoms with E-state index in [2.05, 4.69) is 0 Å². The second-order valence-corrected chi connectivity index (χ2v) is 4.07. The molecule has 1 aromatic carbocycles. The first-order valence-electron chi connectivity index (χ1n) is 5.57. The van der Waals surface area contributed by atoms with E-state index in [9.17, 15) is 4.79 Å². The van der Waals surface area contributed by atoms with Crippen LogP contribution in [0.25, 0.3) is 11.0 Å². The van der Waals surface area contributed by atoms with E-state index in [0.29, 0.717) is 0 Å². The highest BCUT2D eigenvalue weighted by Crippen LogP contribution is 2.26. The molecule has 0 aliphatic carbocycles. The molecule has 0 aliphatic heterocycles. The molecule has 0 saturated heterocycles. The van der Waals surface area contributed by atoms with Crippen molar-refractivity contribution in [2.75, 3.05) is 13.6 Å². The van der Waals surface area contributed by atoms with Gasteiger partial charge in [-0.05, 0) is 19.1 Å². The number of rotatable bonds is 3. The van der Waals surface area contributed by atoms with E-state index in [1.807, 2.05) is 37.3 Å². The van der Waals surface area contributed by atoms with E-state index in [1.165, 1.54) is 0 Å². The normalized spacial score (nSPS) is 11.9. The molecule has 0 bridgehead atoms. The molecular formula is C13H17ClN2O2. The van der Waals surface area contributed by atoms with Gasteiger partial charge in [0.15, 0.2) is 0 Å². The fourth-order valence-corrected chi connectivity index (χ4v) is 1.76. The van der Waals surface area contributed by atoms with Gasteiger partial charge in [-0.15, -0.1) is 12.4 Å². The predicted molar refractivity (Wildman–Crippen MR) is 73.7 cm³/mol. The van der Waals surface area contributed by atoms with Crippen LogP contribution < -0.4 is 5.73 Å². The molecular weight excluding hydrogens is 252 g/mol. The highest BCUT2D eigenvalue weighted by Gasteiger charge is 2.19. The van der Waals surface area contributed by atoms with Crippen LogP contribution in [0.15, 0.2) is 34.7 Å². The Morgan fingerprint density at radius 1 is 1.44 bits per heavy atom. The smallest absolute Gasteiger partial charge is 0.236 e. The summed E-state index contributed by atoms with van der Waals surface area (Å²) in [5, 5.41) is 1.04. The van der Waals surface area contributed by atoms with E-state index >= 15 is 0 Å². The minimum atomic E-state index is -0.113. The summed E-state index contributed by atoms with van der Waals surface area (Å²) in [6.45, 7) is 1.94. The molecule has 0 aliphatic rings. The van der Waals surface area contributed by atoms with Crippen molar-refractivity contribution in [1.29, 1.82) is 0 Å². The Hall–Kier alpha value is -1.52. The Bertz CT molecular complexity index is 506. The minimum Gasteiger partial charge on any atom is -0.459 e. The summed E-state index contributed by atoms with van der Waals surface area (Å²) in [4.78, 5) is 13.1. The highest BCUT2D eigenvalue weighted by molar-refractivity contribution is 5.85. The maximum Gasteiger partial charge on any atom is 0.236 e. The number of furan rings is 1. The first-order valence-corrected chi connectivity index (χ1v) is 5.57. The zero-order chi connectivity index (χ0) is 12.4. The van der Waals surface area contributed by atoms with Gasteiger partial charge < -0.3 is 15.1 Å². The van der Waals surface area contributed by atoms with Crippen LogP contribution in [0.5, 0.6) is 0 Å². The number of hydrogen-bond acceptors (Lipinski definition) is 3. The minimum absolute atomic E-state index is 0. The van der Waals surface area contributed by atoms with Crippen LogP contribution >= 0.6 is 12.4 Å². The molecule has 1 amide bonds. The van der Waals surface area contributed by atoms with Crippen LogP contribution in [0.2, 0.25) is 0 Å². The topological polar surface area (TPSA) is 59.5 Å². The van der Waals surface area contributed by atoms with Crippen molar-refractivity contribution in [3.8, 4) is 0 Å². The zero-order valence-electron chi connectivity index (χ0n) is 10.4. The number of nitrogens with zero attached hydrogens (tertiary/aromatic N) is 1. The summed E-state index contributed by atoms with van der Waals surface area (Å²) in [5.41, 5.74) is 6.18. The fourth-order valence-electron chi connectivity index (χ4n) is 1.76. The molecule has 18 heavy (non-hydrogen) atoms. The maximum atomic E-state index is 11.5. The third kappa shape index (κ3) is 2.66. The number of carbonyl (C=O) groups is 1. The van der Waals surface area contributed by atoms with E-state index < -0.39 is 0 Å². The van der Waals surface area contributed by atoms with Crippen molar-refractivity contribution >= 4 is 29.3 Å². The van der Waals surface area contributed by atoms with E-state index in [-0.39, 0.29) is 30.9 Å². The molecule has 1 aromatic heterocycles. The van der Waals surface area contributed by atoms with Gasteiger partial charge in [0.2, 0.25) is 5.91 Å². The lowest BCUT2D eigenvalue weighted by Crippen LogP contribution is -2.34. The van der Waals surface area contributed by atoms with Crippen molar-refractivity contribution in [3.63, 3.8) is 0 Å². The number of amides is 1. The van der Waals surface area contributed by atoms with Crippen LogP contribution in [0.3, 0.4) is 0 Å². The van der Waals surface area contributed by atoms with Crippen LogP contribution in [0.4, 0.5) is 0 Å². The van der Waals surface area contributed by atoms with Gasteiger partial charge in [0.1, 0.15) is 11.3 Å². The van der Waals surface area contributed by atoms with Gasteiger partial charge in [-0.1, -0.05) is 18.2 Å². The zero-order valence-corrected chi connectivity index (χ0v) is 11.2. The third-order valence-corrected chi connectivity index (χ3v) is 3.01. The van der Waals surface area contributed by atoms with Gasteiger partial charge in [-0.3, -0.25) is 4.79 Å². The first-order chi connectivity index (χ1) is 8.13. The second-order valence-electron chi connectivity index (χ2n) is 4.07. The number of halogens is 1. The van der Waals surface area contributed by atoms with Gasteiger partial charge >= 0.3 is 0 Å². The fraction of sp³-hybridized carbons (Fsp3) is 0.308. The summed E-state index contributed by atoms with van der Waals surface area (Å²) in [6.07, 6.45) is 0. The third-order valence-electron chi connectivity index (χ3n) is 3.01. The summed E-state index contributed by atoms with van der Waals surface area (Å²) in [7, 11) is 1.73. The van der Waals surface area contributed by atoms with Crippen molar-refractivity contribution in [2.45, 2.75) is 13.0 Å². The van der Waals surface area contributed by atoms with Gasteiger partial charge in [0.05, 0.1) is 12.6 Å². The molecule has 2 aromatic rings. The molecule has 98 valence electrons. The van der Waals surface area contributed by atoms with Crippen molar-refractivity contribution in [2.24, 2.45) is 5.73 Å². The van der Waals surface area contributed by atoms with Crippen molar-refractivity contribution < 1.29 is 9.21 Å². The Morgan fingerprint density at radius 2 is 2.11 bits per heavy atom. The number of para-hydroxylation sites is 1. The molecule has 2 rings (SSSR count). The largest absolute Gasteiger partial charge is 0.459 e. The summed E-state index contributed by atoms with van der Waals surface area (Å²) in [5.74, 6) is 0.674. The molecule has 5 heteroatoms. The van der Waals surface area contributed by atoms with Gasteiger partial charge in [-0.25, -0.2) is 0 Å². The van der Waals surface area contributed by atoms with E-state index in [0.717, 1.165) is 16.7 Å². The molecule has 0 spiro atoms. The average molecular weight is 269 g/mol. The van der Waals surface area contributed by atoms with Gasteiger partial charge in [0, 0.05) is 12.4 Å². The molecule has 0 fully saturated rings. The highest BCUT2D eigenvalue weighted by atomic mass is 35.5. The number of fused-ring (bicyclic) bond motifs is 1. The van der Waals surface area contributed by atoms with Crippen LogP contribution in [-0.4, -0.2) is 24.4 Å². The van der Waals surface area contributed by atoms with Crippen molar-refractivity contribution in [3.05, 3.63) is 36.1 Å². The summed E-state index contributed by atoms with van der Waals surface area (Å²) >= 11 is 0. The first kappa shape index (κ1) is 14.5. The number of likely N-dealkylation sites (N-methyl/N-ethyl adjacent to an activating group) is 1. The molecule has 2 N–H and O–H groups in total. The molecule has 1 unspecified atom stereocenters. The lowest BCUT2D eigenvalue weighted by Gasteiger charge is -2.22. The Balaban J connectivity index is 0.00000162.